The molecule has 0 bridgehead atoms. The van der Waals surface area contributed by atoms with Gasteiger partial charge in [0.25, 0.3) is 5.91 Å². The zero-order valence-electron chi connectivity index (χ0n) is 15.2. The van der Waals surface area contributed by atoms with Gasteiger partial charge in [-0.2, -0.15) is 0 Å². The molecular formula is C21H26N2O2. The number of benzene rings is 2. The molecule has 0 radical (unpaired) electrons. The molecule has 2 N–H and O–H groups in total. The van der Waals surface area contributed by atoms with E-state index in [1.165, 1.54) is 11.1 Å². The van der Waals surface area contributed by atoms with E-state index in [4.69, 9.17) is 10.5 Å². The van der Waals surface area contributed by atoms with E-state index in [1.807, 2.05) is 36.1 Å². The molecule has 1 aliphatic heterocycles. The predicted molar refractivity (Wildman–Crippen MR) is 101 cm³/mol. The van der Waals surface area contributed by atoms with Gasteiger partial charge in [0.05, 0.1) is 0 Å². The van der Waals surface area contributed by atoms with Gasteiger partial charge < -0.3 is 15.4 Å². The summed E-state index contributed by atoms with van der Waals surface area (Å²) in [7, 11) is 0. The van der Waals surface area contributed by atoms with Crippen LogP contribution in [0.2, 0.25) is 0 Å². The molecule has 1 amide bonds. The van der Waals surface area contributed by atoms with Gasteiger partial charge in [-0.25, -0.2) is 0 Å². The predicted octanol–water partition coefficient (Wildman–Crippen LogP) is 3.74. The van der Waals surface area contributed by atoms with Crippen molar-refractivity contribution in [2.24, 2.45) is 0 Å². The van der Waals surface area contributed by atoms with Crippen LogP contribution in [0.25, 0.3) is 0 Å². The van der Waals surface area contributed by atoms with Gasteiger partial charge in [0, 0.05) is 18.8 Å². The maximum absolute atomic E-state index is 12.7. The summed E-state index contributed by atoms with van der Waals surface area (Å²) in [6.45, 7) is 7.44. The molecule has 0 saturated heterocycles. The lowest BCUT2D eigenvalue weighted by Gasteiger charge is -2.31. The second kappa shape index (κ2) is 7.18. The molecule has 0 fully saturated rings. The molecule has 0 aliphatic carbocycles. The summed E-state index contributed by atoms with van der Waals surface area (Å²) < 4.78 is 5.86. The highest BCUT2D eigenvalue weighted by Gasteiger charge is 2.26. The minimum atomic E-state index is -0.507. The average molecular weight is 338 g/mol. The zero-order chi connectivity index (χ0) is 18.0. The zero-order valence-corrected chi connectivity index (χ0v) is 15.2. The number of anilines is 1. The standard InChI is InChI=1S/C21H26N2O2/c1-14(2)16-5-8-20(9-6-16)25-15(3)21(24)23-11-10-17-4-7-19(22)12-18(17)13-23/h4-9,12,14-15H,10-11,13,22H2,1-3H3. The summed E-state index contributed by atoms with van der Waals surface area (Å²) in [6, 6.07) is 13.9. The first-order valence-electron chi connectivity index (χ1n) is 8.86. The quantitative estimate of drug-likeness (QED) is 0.864. The topological polar surface area (TPSA) is 55.6 Å². The van der Waals surface area contributed by atoms with Crippen LogP contribution < -0.4 is 10.5 Å². The van der Waals surface area contributed by atoms with Crippen LogP contribution in [0.1, 0.15) is 43.4 Å². The van der Waals surface area contributed by atoms with Gasteiger partial charge in [0.15, 0.2) is 6.10 Å². The van der Waals surface area contributed by atoms with Crippen LogP contribution >= 0.6 is 0 Å². The number of carbonyl (C=O) groups excluding carboxylic acids is 1. The van der Waals surface area contributed by atoms with Crippen molar-refractivity contribution in [3.63, 3.8) is 0 Å². The van der Waals surface area contributed by atoms with Crippen LogP contribution in [-0.4, -0.2) is 23.5 Å². The number of nitrogen functional groups attached to an aromatic ring is 1. The van der Waals surface area contributed by atoms with E-state index in [0.717, 1.165) is 30.0 Å². The Morgan fingerprint density at radius 1 is 1.08 bits per heavy atom. The summed E-state index contributed by atoms with van der Waals surface area (Å²) >= 11 is 0. The molecule has 1 unspecified atom stereocenters. The number of amides is 1. The smallest absolute Gasteiger partial charge is 0.263 e. The third kappa shape index (κ3) is 3.95. The Morgan fingerprint density at radius 2 is 1.80 bits per heavy atom. The lowest BCUT2D eigenvalue weighted by molar-refractivity contribution is -0.138. The van der Waals surface area contributed by atoms with E-state index in [2.05, 4.69) is 32.0 Å². The highest BCUT2D eigenvalue weighted by molar-refractivity contribution is 5.81. The summed E-state index contributed by atoms with van der Waals surface area (Å²) in [5.41, 5.74) is 10.3. The Morgan fingerprint density at radius 3 is 2.48 bits per heavy atom. The molecule has 3 rings (SSSR count). The number of fused-ring (bicyclic) bond motifs is 1. The molecule has 2 aromatic rings. The van der Waals surface area contributed by atoms with E-state index < -0.39 is 6.10 Å². The maximum Gasteiger partial charge on any atom is 0.263 e. The first kappa shape index (κ1) is 17.3. The van der Waals surface area contributed by atoms with Crippen LogP contribution in [0.4, 0.5) is 5.69 Å². The molecule has 4 nitrogen and oxygen atoms in total. The summed E-state index contributed by atoms with van der Waals surface area (Å²) in [6.07, 6.45) is 0.351. The van der Waals surface area contributed by atoms with Crippen molar-refractivity contribution >= 4 is 11.6 Å². The minimum absolute atomic E-state index is 0.0148. The van der Waals surface area contributed by atoms with Gasteiger partial charge in [0.1, 0.15) is 5.75 Å². The Balaban J connectivity index is 1.64. The second-order valence-electron chi connectivity index (χ2n) is 7.02. The number of hydrogen-bond acceptors (Lipinski definition) is 3. The number of carbonyl (C=O) groups is 1. The van der Waals surface area contributed by atoms with Crippen LogP contribution in [0, 0.1) is 0 Å². The first-order chi connectivity index (χ1) is 11.9. The van der Waals surface area contributed by atoms with Gasteiger partial charge >= 0.3 is 0 Å². The van der Waals surface area contributed by atoms with Crippen molar-refractivity contribution in [3.8, 4) is 5.75 Å². The highest BCUT2D eigenvalue weighted by atomic mass is 16.5. The van der Waals surface area contributed by atoms with E-state index in [-0.39, 0.29) is 5.91 Å². The summed E-state index contributed by atoms with van der Waals surface area (Å²) in [5, 5.41) is 0. The SMILES string of the molecule is CC(Oc1ccc(C(C)C)cc1)C(=O)N1CCc2ccc(N)cc2C1. The van der Waals surface area contributed by atoms with Crippen molar-refractivity contribution in [3.05, 3.63) is 59.2 Å². The number of nitrogens with two attached hydrogens (primary N) is 1. The van der Waals surface area contributed by atoms with Crippen molar-refractivity contribution in [2.75, 3.05) is 12.3 Å². The van der Waals surface area contributed by atoms with Crippen LogP contribution in [0.15, 0.2) is 42.5 Å². The van der Waals surface area contributed by atoms with Crippen molar-refractivity contribution in [2.45, 2.75) is 45.8 Å². The van der Waals surface area contributed by atoms with Gasteiger partial charge in [-0.15, -0.1) is 0 Å². The number of hydrogen-bond donors (Lipinski definition) is 1. The Hall–Kier alpha value is -2.49. The van der Waals surface area contributed by atoms with Crippen LogP contribution in [0.3, 0.4) is 0 Å². The normalized spacial score (nSPS) is 15.0. The highest BCUT2D eigenvalue weighted by Crippen LogP contribution is 2.23. The van der Waals surface area contributed by atoms with E-state index >= 15 is 0 Å². The number of ether oxygens (including phenoxy) is 1. The van der Waals surface area contributed by atoms with E-state index in [1.54, 1.807) is 0 Å². The van der Waals surface area contributed by atoms with E-state index in [0.29, 0.717) is 12.5 Å². The second-order valence-corrected chi connectivity index (χ2v) is 7.02. The summed E-state index contributed by atoms with van der Waals surface area (Å²) in [5.74, 6) is 1.22. The van der Waals surface area contributed by atoms with Crippen LogP contribution in [0.5, 0.6) is 5.75 Å². The third-order valence-electron chi connectivity index (χ3n) is 4.76. The molecule has 2 aromatic carbocycles. The van der Waals surface area contributed by atoms with Crippen molar-refractivity contribution in [1.29, 1.82) is 0 Å². The first-order valence-corrected chi connectivity index (χ1v) is 8.86. The fourth-order valence-corrected chi connectivity index (χ4v) is 3.21. The molecule has 0 aromatic heterocycles. The lowest BCUT2D eigenvalue weighted by Crippen LogP contribution is -2.43. The minimum Gasteiger partial charge on any atom is -0.481 e. The van der Waals surface area contributed by atoms with Gasteiger partial charge in [-0.1, -0.05) is 32.0 Å². The van der Waals surface area contributed by atoms with Gasteiger partial charge in [0.2, 0.25) is 0 Å². The Labute approximate surface area is 149 Å². The lowest BCUT2D eigenvalue weighted by atomic mass is 9.99. The third-order valence-corrected chi connectivity index (χ3v) is 4.76. The van der Waals surface area contributed by atoms with Crippen molar-refractivity contribution < 1.29 is 9.53 Å². The average Bonchev–Trinajstić information content (AvgIpc) is 2.60. The summed E-state index contributed by atoms with van der Waals surface area (Å²) in [4.78, 5) is 14.6. The van der Waals surface area contributed by atoms with Crippen molar-refractivity contribution in [1.82, 2.24) is 4.90 Å². The maximum atomic E-state index is 12.7. The Bertz CT molecular complexity index is 753. The number of rotatable bonds is 4. The fraction of sp³-hybridized carbons (Fsp3) is 0.381. The molecule has 132 valence electrons. The van der Waals surface area contributed by atoms with Gasteiger partial charge in [-0.05, 0) is 60.2 Å². The molecule has 4 heteroatoms. The number of nitrogens with zero attached hydrogens (tertiary/aromatic N) is 1. The van der Waals surface area contributed by atoms with E-state index in [9.17, 15) is 4.79 Å². The van der Waals surface area contributed by atoms with Crippen LogP contribution in [-0.2, 0) is 17.8 Å². The molecule has 0 saturated carbocycles. The molecular weight excluding hydrogens is 312 g/mol. The van der Waals surface area contributed by atoms with Gasteiger partial charge in [-0.3, -0.25) is 4.79 Å². The molecule has 0 spiro atoms. The molecule has 1 heterocycles. The fourth-order valence-electron chi connectivity index (χ4n) is 3.21. The molecule has 1 aliphatic rings. The largest absolute Gasteiger partial charge is 0.481 e. The Kier molecular flexibility index (Phi) is 4.98. The molecule has 1 atom stereocenters. The molecule has 25 heavy (non-hydrogen) atoms. The monoisotopic (exact) mass is 338 g/mol.